The van der Waals surface area contributed by atoms with Gasteiger partial charge in [0.2, 0.25) is 11.8 Å². The van der Waals surface area contributed by atoms with E-state index in [1.165, 1.54) is 6.92 Å². The van der Waals surface area contributed by atoms with Crippen molar-refractivity contribution in [3.8, 4) is 0 Å². The second-order valence-electron chi connectivity index (χ2n) is 6.76. The number of piperidine rings is 1. The fourth-order valence-electron chi connectivity index (χ4n) is 3.20. The Balaban J connectivity index is 2.11. The summed E-state index contributed by atoms with van der Waals surface area (Å²) in [5.74, 6) is -0.240. The molecule has 26 heavy (non-hydrogen) atoms. The summed E-state index contributed by atoms with van der Waals surface area (Å²) in [4.78, 5) is 23.6. The minimum absolute atomic E-state index is 0.0439. The van der Waals surface area contributed by atoms with Crippen LogP contribution in [-0.4, -0.2) is 24.9 Å². The number of rotatable bonds is 5. The molecular weight excluding hydrogens is 347 g/mol. The van der Waals surface area contributed by atoms with Gasteiger partial charge in [0.15, 0.2) is 0 Å². The van der Waals surface area contributed by atoms with Crippen LogP contribution < -0.4 is 16.0 Å². The summed E-state index contributed by atoms with van der Waals surface area (Å²) in [6.45, 7) is 5.06. The van der Waals surface area contributed by atoms with E-state index in [1.54, 1.807) is 0 Å². The highest BCUT2D eigenvalue weighted by Crippen LogP contribution is 2.34. The van der Waals surface area contributed by atoms with E-state index in [-0.39, 0.29) is 29.6 Å². The van der Waals surface area contributed by atoms with Crippen LogP contribution in [0.4, 0.5) is 24.5 Å². The quantitative estimate of drug-likeness (QED) is 0.740. The van der Waals surface area contributed by atoms with Gasteiger partial charge in [0.25, 0.3) is 0 Å². The van der Waals surface area contributed by atoms with Crippen molar-refractivity contribution >= 4 is 23.2 Å². The number of halogens is 3. The van der Waals surface area contributed by atoms with Crippen molar-refractivity contribution in [1.29, 1.82) is 0 Å². The minimum Gasteiger partial charge on any atom is -0.325 e. The van der Waals surface area contributed by atoms with E-state index in [2.05, 4.69) is 16.0 Å². The highest BCUT2D eigenvalue weighted by atomic mass is 19.4. The number of anilines is 2. The van der Waals surface area contributed by atoms with E-state index in [4.69, 9.17) is 0 Å². The van der Waals surface area contributed by atoms with Gasteiger partial charge in [0, 0.05) is 13.3 Å². The summed E-state index contributed by atoms with van der Waals surface area (Å²) < 4.78 is 38.8. The average Bonchev–Trinajstić information content (AvgIpc) is 2.55. The number of nitrogens with one attached hydrogen (secondary N) is 3. The molecule has 2 amide bonds. The molecule has 1 heterocycles. The maximum Gasteiger partial charge on any atom is 0.416 e. The van der Waals surface area contributed by atoms with Crippen LogP contribution in [0.25, 0.3) is 0 Å². The Kier molecular flexibility index (Phi) is 6.63. The number of alkyl halides is 3. The smallest absolute Gasteiger partial charge is 0.325 e. The number of carbonyl (C=O) groups is 2. The molecule has 1 saturated heterocycles. The van der Waals surface area contributed by atoms with Crippen LogP contribution in [0.3, 0.4) is 0 Å². The normalized spacial score (nSPS) is 16.8. The van der Waals surface area contributed by atoms with Gasteiger partial charge >= 0.3 is 6.18 Å². The van der Waals surface area contributed by atoms with Crippen LogP contribution in [0.5, 0.6) is 0 Å². The molecule has 1 atom stereocenters. The Bertz CT molecular complexity index is 656. The standard InChI is InChI=1S/C18H24F3N3O2/c1-11(13-5-7-22-8-6-13)9-17(26)24-16-10-14(18(19,20)21)3-4-15(16)23-12(2)25/h3-4,10-11,13,22H,5-9H2,1-2H3,(H,23,25)(H,24,26). The molecule has 0 saturated carbocycles. The molecule has 0 radical (unpaired) electrons. The van der Waals surface area contributed by atoms with Crippen LogP contribution in [0, 0.1) is 11.8 Å². The van der Waals surface area contributed by atoms with Crippen LogP contribution in [0.1, 0.15) is 38.7 Å². The molecule has 1 aromatic rings. The first-order valence-corrected chi connectivity index (χ1v) is 8.66. The summed E-state index contributed by atoms with van der Waals surface area (Å²) in [6, 6.07) is 2.87. The zero-order valence-electron chi connectivity index (χ0n) is 14.9. The molecule has 0 bridgehead atoms. The lowest BCUT2D eigenvalue weighted by Gasteiger charge is -2.28. The van der Waals surface area contributed by atoms with Crippen molar-refractivity contribution in [3.05, 3.63) is 23.8 Å². The van der Waals surface area contributed by atoms with Crippen molar-refractivity contribution in [2.75, 3.05) is 23.7 Å². The van der Waals surface area contributed by atoms with E-state index < -0.39 is 17.6 Å². The molecule has 1 aromatic carbocycles. The maximum absolute atomic E-state index is 12.9. The van der Waals surface area contributed by atoms with Gasteiger partial charge in [-0.2, -0.15) is 13.2 Å². The van der Waals surface area contributed by atoms with E-state index >= 15 is 0 Å². The molecule has 0 aliphatic carbocycles. The van der Waals surface area contributed by atoms with E-state index in [0.29, 0.717) is 5.92 Å². The number of carbonyl (C=O) groups excluding carboxylic acids is 2. The SMILES string of the molecule is CC(=O)Nc1ccc(C(F)(F)F)cc1NC(=O)CC(C)C1CCNCC1. The van der Waals surface area contributed by atoms with Gasteiger partial charge in [-0.05, 0) is 56.0 Å². The molecule has 1 aliphatic heterocycles. The fraction of sp³-hybridized carbons (Fsp3) is 0.556. The van der Waals surface area contributed by atoms with Gasteiger partial charge in [0.1, 0.15) is 0 Å². The molecule has 2 rings (SSSR count). The van der Waals surface area contributed by atoms with E-state index in [0.717, 1.165) is 44.1 Å². The highest BCUT2D eigenvalue weighted by Gasteiger charge is 2.31. The Hall–Kier alpha value is -2.09. The summed E-state index contributed by atoms with van der Waals surface area (Å²) in [6.07, 6.45) is -2.35. The lowest BCUT2D eigenvalue weighted by Crippen LogP contribution is -2.32. The van der Waals surface area contributed by atoms with Gasteiger partial charge in [-0.1, -0.05) is 6.92 Å². The third-order valence-corrected chi connectivity index (χ3v) is 4.63. The zero-order valence-corrected chi connectivity index (χ0v) is 14.9. The molecular formula is C18H24F3N3O2. The fourth-order valence-corrected chi connectivity index (χ4v) is 3.20. The second kappa shape index (κ2) is 8.53. The van der Waals surface area contributed by atoms with Gasteiger partial charge in [-0.15, -0.1) is 0 Å². The Labute approximate surface area is 150 Å². The predicted octanol–water partition coefficient (Wildman–Crippen LogP) is 3.63. The molecule has 3 N–H and O–H groups in total. The first-order chi connectivity index (χ1) is 12.2. The van der Waals surface area contributed by atoms with Crippen molar-refractivity contribution in [2.45, 2.75) is 39.3 Å². The van der Waals surface area contributed by atoms with Gasteiger partial charge in [-0.3, -0.25) is 9.59 Å². The molecule has 0 spiro atoms. The Morgan fingerprint density at radius 2 is 1.85 bits per heavy atom. The van der Waals surface area contributed by atoms with E-state index in [9.17, 15) is 22.8 Å². The summed E-state index contributed by atoms with van der Waals surface area (Å²) in [7, 11) is 0. The topological polar surface area (TPSA) is 70.2 Å². The van der Waals surface area contributed by atoms with Crippen molar-refractivity contribution in [2.24, 2.45) is 11.8 Å². The molecule has 1 fully saturated rings. The monoisotopic (exact) mass is 371 g/mol. The molecule has 144 valence electrons. The number of amides is 2. The largest absolute Gasteiger partial charge is 0.416 e. The Morgan fingerprint density at radius 1 is 1.19 bits per heavy atom. The van der Waals surface area contributed by atoms with Crippen LogP contribution in [0.15, 0.2) is 18.2 Å². The van der Waals surface area contributed by atoms with Crippen LogP contribution in [0.2, 0.25) is 0 Å². The van der Waals surface area contributed by atoms with Gasteiger partial charge < -0.3 is 16.0 Å². The lowest BCUT2D eigenvalue weighted by molar-refractivity contribution is -0.137. The predicted molar refractivity (Wildman–Crippen MR) is 93.8 cm³/mol. The summed E-state index contributed by atoms with van der Waals surface area (Å²) in [5, 5.41) is 8.24. The zero-order chi connectivity index (χ0) is 19.3. The summed E-state index contributed by atoms with van der Waals surface area (Å²) >= 11 is 0. The number of benzene rings is 1. The highest BCUT2D eigenvalue weighted by molar-refractivity contribution is 5.99. The first kappa shape index (κ1) is 20.2. The molecule has 8 heteroatoms. The Morgan fingerprint density at radius 3 is 2.42 bits per heavy atom. The average molecular weight is 371 g/mol. The van der Waals surface area contributed by atoms with Crippen molar-refractivity contribution in [3.63, 3.8) is 0 Å². The number of hydrogen-bond acceptors (Lipinski definition) is 3. The van der Waals surface area contributed by atoms with Gasteiger partial charge in [0.05, 0.1) is 16.9 Å². The molecule has 5 nitrogen and oxygen atoms in total. The third-order valence-electron chi connectivity index (χ3n) is 4.63. The molecule has 0 aromatic heterocycles. The van der Waals surface area contributed by atoms with Crippen molar-refractivity contribution in [1.82, 2.24) is 5.32 Å². The second-order valence-corrected chi connectivity index (χ2v) is 6.76. The number of hydrogen-bond donors (Lipinski definition) is 3. The van der Waals surface area contributed by atoms with E-state index in [1.807, 2.05) is 6.92 Å². The molecule has 1 aliphatic rings. The third kappa shape index (κ3) is 5.72. The maximum atomic E-state index is 12.9. The summed E-state index contributed by atoms with van der Waals surface area (Å²) in [5.41, 5.74) is -0.779. The van der Waals surface area contributed by atoms with Crippen molar-refractivity contribution < 1.29 is 22.8 Å². The minimum atomic E-state index is -4.53. The van der Waals surface area contributed by atoms with Gasteiger partial charge in [-0.25, -0.2) is 0 Å². The van der Waals surface area contributed by atoms with Crippen LogP contribution >= 0.6 is 0 Å². The molecule has 1 unspecified atom stereocenters. The first-order valence-electron chi connectivity index (χ1n) is 8.66. The van der Waals surface area contributed by atoms with Crippen LogP contribution in [-0.2, 0) is 15.8 Å². The lowest BCUT2D eigenvalue weighted by atomic mass is 9.84.